The molecule has 0 amide bonds. The van der Waals surface area contributed by atoms with Crippen LogP contribution in [0.3, 0.4) is 0 Å². The molecule has 1 aliphatic heterocycles. The lowest BCUT2D eigenvalue weighted by Gasteiger charge is -2.24. The first-order chi connectivity index (χ1) is 9.83. The lowest BCUT2D eigenvalue weighted by atomic mass is 9.85. The fraction of sp³-hybridized carbons (Fsp3) is 0.647. The van der Waals surface area contributed by atoms with Gasteiger partial charge in [-0.15, -0.1) is 11.6 Å². The minimum Gasteiger partial charge on any atom is -0.490 e. The third-order valence-electron chi connectivity index (χ3n) is 4.40. The fourth-order valence-electron chi connectivity index (χ4n) is 3.23. The molecule has 1 unspecified atom stereocenters. The molecule has 1 aromatic carbocycles. The van der Waals surface area contributed by atoms with Gasteiger partial charge >= 0.3 is 0 Å². The summed E-state index contributed by atoms with van der Waals surface area (Å²) in [4.78, 5) is 0. The average molecular weight is 295 g/mol. The van der Waals surface area contributed by atoms with Crippen molar-refractivity contribution < 1.29 is 9.47 Å². The average Bonchev–Trinajstić information content (AvgIpc) is 2.72. The van der Waals surface area contributed by atoms with E-state index in [1.807, 2.05) is 6.07 Å². The standard InChI is InChI=1S/C17H23ClO2/c18-15(11-13-5-2-1-3-6-13)14-7-8-16-17(12-14)20-10-4-9-19-16/h7-8,12-13,15H,1-6,9-11H2. The van der Waals surface area contributed by atoms with Crippen LogP contribution in [0.25, 0.3) is 0 Å². The first kappa shape index (κ1) is 14.1. The maximum absolute atomic E-state index is 6.63. The van der Waals surface area contributed by atoms with Gasteiger partial charge < -0.3 is 9.47 Å². The van der Waals surface area contributed by atoms with E-state index in [0.29, 0.717) is 0 Å². The summed E-state index contributed by atoms with van der Waals surface area (Å²) in [5.74, 6) is 2.50. The highest BCUT2D eigenvalue weighted by Gasteiger charge is 2.20. The van der Waals surface area contributed by atoms with Gasteiger partial charge in [-0.3, -0.25) is 0 Å². The Hall–Kier alpha value is -0.890. The van der Waals surface area contributed by atoms with Crippen LogP contribution in [-0.4, -0.2) is 13.2 Å². The molecule has 0 bridgehead atoms. The van der Waals surface area contributed by atoms with Crippen molar-refractivity contribution in [1.82, 2.24) is 0 Å². The van der Waals surface area contributed by atoms with Gasteiger partial charge in [0.2, 0.25) is 0 Å². The van der Waals surface area contributed by atoms with Gasteiger partial charge in [-0.2, -0.15) is 0 Å². The Balaban J connectivity index is 1.67. The molecule has 1 fully saturated rings. The second kappa shape index (κ2) is 6.71. The highest BCUT2D eigenvalue weighted by atomic mass is 35.5. The van der Waals surface area contributed by atoms with E-state index in [2.05, 4.69) is 12.1 Å². The van der Waals surface area contributed by atoms with Crippen molar-refractivity contribution in [1.29, 1.82) is 0 Å². The van der Waals surface area contributed by atoms with E-state index in [4.69, 9.17) is 21.1 Å². The van der Waals surface area contributed by atoms with Gasteiger partial charge in [0.25, 0.3) is 0 Å². The highest BCUT2D eigenvalue weighted by molar-refractivity contribution is 6.20. The maximum atomic E-state index is 6.63. The van der Waals surface area contributed by atoms with Gasteiger partial charge in [0.1, 0.15) is 0 Å². The number of alkyl halides is 1. The molecular formula is C17H23ClO2. The number of rotatable bonds is 3. The quantitative estimate of drug-likeness (QED) is 0.722. The normalized spacial score (nSPS) is 21.2. The van der Waals surface area contributed by atoms with Crippen molar-refractivity contribution in [2.24, 2.45) is 5.92 Å². The van der Waals surface area contributed by atoms with Crippen molar-refractivity contribution in [3.05, 3.63) is 23.8 Å². The Kier molecular flexibility index (Phi) is 4.72. The predicted octanol–water partition coefficient (Wildman–Crippen LogP) is 5.10. The third-order valence-corrected chi connectivity index (χ3v) is 4.83. The van der Waals surface area contributed by atoms with E-state index >= 15 is 0 Å². The van der Waals surface area contributed by atoms with Crippen molar-refractivity contribution in [2.75, 3.05) is 13.2 Å². The number of hydrogen-bond donors (Lipinski definition) is 0. The predicted molar refractivity (Wildman–Crippen MR) is 81.8 cm³/mol. The number of benzene rings is 1. The summed E-state index contributed by atoms with van der Waals surface area (Å²) in [6.45, 7) is 1.46. The van der Waals surface area contributed by atoms with Gasteiger partial charge in [-0.1, -0.05) is 38.2 Å². The Morgan fingerprint density at radius 1 is 1.00 bits per heavy atom. The molecule has 0 aromatic heterocycles. The Labute approximate surface area is 126 Å². The van der Waals surface area contributed by atoms with Crippen LogP contribution in [0.15, 0.2) is 18.2 Å². The third kappa shape index (κ3) is 3.41. The number of ether oxygens (including phenoxy) is 2. The van der Waals surface area contributed by atoms with Crippen LogP contribution in [0.5, 0.6) is 11.5 Å². The Bertz CT molecular complexity index is 441. The number of fused-ring (bicyclic) bond motifs is 1. The van der Waals surface area contributed by atoms with E-state index in [1.54, 1.807) is 0 Å². The Morgan fingerprint density at radius 2 is 1.75 bits per heavy atom. The number of halogens is 1. The van der Waals surface area contributed by atoms with Crippen LogP contribution < -0.4 is 9.47 Å². The smallest absolute Gasteiger partial charge is 0.161 e. The summed E-state index contributed by atoms with van der Waals surface area (Å²) >= 11 is 6.63. The minimum absolute atomic E-state index is 0.0928. The summed E-state index contributed by atoms with van der Waals surface area (Å²) in [5, 5.41) is 0.0928. The largest absolute Gasteiger partial charge is 0.490 e. The first-order valence-corrected chi connectivity index (χ1v) is 8.30. The lowest BCUT2D eigenvalue weighted by molar-refractivity contribution is 0.297. The molecule has 3 heteroatoms. The topological polar surface area (TPSA) is 18.5 Å². The van der Waals surface area contributed by atoms with E-state index in [9.17, 15) is 0 Å². The van der Waals surface area contributed by atoms with E-state index in [0.717, 1.165) is 43.5 Å². The summed E-state index contributed by atoms with van der Waals surface area (Å²) in [7, 11) is 0. The van der Waals surface area contributed by atoms with Crippen molar-refractivity contribution in [2.45, 2.75) is 50.3 Å². The van der Waals surface area contributed by atoms with E-state index in [-0.39, 0.29) is 5.38 Å². The van der Waals surface area contributed by atoms with Gasteiger partial charge in [-0.25, -0.2) is 0 Å². The molecule has 1 aromatic rings. The highest BCUT2D eigenvalue weighted by Crippen LogP contribution is 2.38. The minimum atomic E-state index is 0.0928. The van der Waals surface area contributed by atoms with Crippen LogP contribution in [-0.2, 0) is 0 Å². The number of hydrogen-bond acceptors (Lipinski definition) is 2. The van der Waals surface area contributed by atoms with Crippen LogP contribution >= 0.6 is 11.6 Å². The molecule has 20 heavy (non-hydrogen) atoms. The zero-order valence-corrected chi connectivity index (χ0v) is 12.7. The lowest BCUT2D eigenvalue weighted by Crippen LogP contribution is -2.09. The van der Waals surface area contributed by atoms with Gasteiger partial charge in [0.05, 0.1) is 18.6 Å². The van der Waals surface area contributed by atoms with Gasteiger partial charge in [0, 0.05) is 6.42 Å². The van der Waals surface area contributed by atoms with Crippen LogP contribution in [0.4, 0.5) is 0 Å². The van der Waals surface area contributed by atoms with Gasteiger partial charge in [0.15, 0.2) is 11.5 Å². The molecule has 0 saturated heterocycles. The van der Waals surface area contributed by atoms with Crippen molar-refractivity contribution >= 4 is 11.6 Å². The summed E-state index contributed by atoms with van der Waals surface area (Å²) in [6, 6.07) is 6.17. The van der Waals surface area contributed by atoms with Crippen LogP contribution in [0.2, 0.25) is 0 Å². The monoisotopic (exact) mass is 294 g/mol. The van der Waals surface area contributed by atoms with Crippen LogP contribution in [0.1, 0.15) is 55.9 Å². The van der Waals surface area contributed by atoms with Crippen LogP contribution in [0, 0.1) is 5.92 Å². The first-order valence-electron chi connectivity index (χ1n) is 7.86. The fourth-order valence-corrected chi connectivity index (χ4v) is 3.61. The summed E-state index contributed by atoms with van der Waals surface area (Å²) in [6.07, 6.45) is 8.84. The Morgan fingerprint density at radius 3 is 2.55 bits per heavy atom. The summed E-state index contributed by atoms with van der Waals surface area (Å²) < 4.78 is 11.4. The molecule has 1 atom stereocenters. The zero-order chi connectivity index (χ0) is 13.8. The second-order valence-corrected chi connectivity index (χ2v) is 6.49. The second-order valence-electron chi connectivity index (χ2n) is 5.96. The van der Waals surface area contributed by atoms with E-state index in [1.165, 1.54) is 37.7 Å². The molecule has 1 saturated carbocycles. The molecule has 1 heterocycles. The zero-order valence-electron chi connectivity index (χ0n) is 11.9. The molecule has 110 valence electrons. The molecular weight excluding hydrogens is 272 g/mol. The summed E-state index contributed by atoms with van der Waals surface area (Å²) in [5.41, 5.74) is 1.17. The maximum Gasteiger partial charge on any atom is 0.161 e. The molecule has 2 aliphatic rings. The molecule has 0 spiro atoms. The molecule has 1 aliphatic carbocycles. The molecule has 0 N–H and O–H groups in total. The SMILES string of the molecule is ClC(CC1CCCCC1)c1ccc2c(c1)OCCCO2. The molecule has 2 nitrogen and oxygen atoms in total. The molecule has 3 rings (SSSR count). The van der Waals surface area contributed by atoms with Crippen molar-refractivity contribution in [3.8, 4) is 11.5 Å². The van der Waals surface area contributed by atoms with Gasteiger partial charge in [-0.05, 0) is 30.0 Å². The molecule has 0 radical (unpaired) electrons. The van der Waals surface area contributed by atoms with Crippen molar-refractivity contribution in [3.63, 3.8) is 0 Å². The van der Waals surface area contributed by atoms with E-state index < -0.39 is 0 Å².